The molecule has 0 aromatic carbocycles. The summed E-state index contributed by atoms with van der Waals surface area (Å²) in [6, 6.07) is 0. The van der Waals surface area contributed by atoms with Gasteiger partial charge >= 0.3 is 0 Å². The molecule has 1 atom stereocenters. The number of halogens is 1. The number of ether oxygens (including phenoxy) is 3. The summed E-state index contributed by atoms with van der Waals surface area (Å²) in [4.78, 5) is 0. The Balaban J connectivity index is 1.70. The van der Waals surface area contributed by atoms with Crippen LogP contribution in [0.3, 0.4) is 0 Å². The van der Waals surface area contributed by atoms with Crippen LogP contribution in [0.1, 0.15) is 44.7 Å². The van der Waals surface area contributed by atoms with Crippen LogP contribution in [0.15, 0.2) is 0 Å². The van der Waals surface area contributed by atoms with Crippen molar-refractivity contribution in [2.24, 2.45) is 0 Å². The largest absolute Gasteiger partial charge is 0.476 e. The van der Waals surface area contributed by atoms with Crippen LogP contribution < -0.4 is 4.74 Å². The smallest absolute Gasteiger partial charge is 0.246 e. The molecule has 2 fully saturated rings. The summed E-state index contributed by atoms with van der Waals surface area (Å²) in [5.74, 6) is 0.594. The lowest BCUT2D eigenvalue weighted by Crippen LogP contribution is -2.32. The van der Waals surface area contributed by atoms with Crippen molar-refractivity contribution in [3.63, 3.8) is 0 Å². The highest BCUT2D eigenvalue weighted by atomic mass is 127. The molecule has 1 saturated heterocycles. The Morgan fingerprint density at radius 1 is 1.45 bits per heavy atom. The van der Waals surface area contributed by atoms with Gasteiger partial charge in [-0.1, -0.05) is 0 Å². The topological polar surface area (TPSA) is 65.7 Å². The van der Waals surface area contributed by atoms with Crippen molar-refractivity contribution in [3.05, 3.63) is 9.26 Å². The molecule has 7 heteroatoms. The van der Waals surface area contributed by atoms with Gasteiger partial charge in [-0.3, -0.25) is 4.68 Å². The van der Waals surface area contributed by atoms with E-state index in [0.29, 0.717) is 19.0 Å². The van der Waals surface area contributed by atoms with Crippen LogP contribution in [0, 0.1) is 3.57 Å². The van der Waals surface area contributed by atoms with Gasteiger partial charge in [0.05, 0.1) is 31.1 Å². The number of rotatable bonds is 7. The molecular formula is C15H23IN2O4. The molecule has 3 rings (SSSR count). The van der Waals surface area contributed by atoms with Crippen molar-refractivity contribution in [2.45, 2.75) is 64.1 Å². The van der Waals surface area contributed by atoms with Gasteiger partial charge in [0, 0.05) is 6.61 Å². The molecule has 1 N–H and O–H groups in total. The molecule has 6 nitrogen and oxygen atoms in total. The maximum atomic E-state index is 9.63. The normalized spacial score (nSPS) is 23.5. The maximum Gasteiger partial charge on any atom is 0.246 e. The molecule has 1 aliphatic carbocycles. The van der Waals surface area contributed by atoms with Crippen molar-refractivity contribution >= 4 is 22.6 Å². The van der Waals surface area contributed by atoms with Gasteiger partial charge in [0.1, 0.15) is 3.57 Å². The van der Waals surface area contributed by atoms with Crippen molar-refractivity contribution in [1.82, 2.24) is 9.78 Å². The Bertz CT molecular complexity index is 510. The molecule has 0 bridgehead atoms. The summed E-state index contributed by atoms with van der Waals surface area (Å²) in [6.07, 6.45) is 5.19. The molecule has 2 aliphatic rings. The fraction of sp³-hybridized carbons (Fsp3) is 0.800. The minimum atomic E-state index is -0.190. The second-order valence-corrected chi connectivity index (χ2v) is 6.99. The second-order valence-electron chi connectivity index (χ2n) is 5.91. The maximum absolute atomic E-state index is 9.63. The first-order valence-corrected chi connectivity index (χ1v) is 9.03. The molecule has 0 spiro atoms. The van der Waals surface area contributed by atoms with Crippen molar-refractivity contribution in [2.75, 3.05) is 13.2 Å². The van der Waals surface area contributed by atoms with E-state index in [1.807, 2.05) is 11.6 Å². The third kappa shape index (κ3) is 3.58. The lowest BCUT2D eigenvalue weighted by atomic mass is 10.2. The molecule has 1 aromatic heterocycles. The van der Waals surface area contributed by atoms with E-state index in [-0.39, 0.29) is 18.5 Å². The Kier molecular flexibility index (Phi) is 5.26. The third-order valence-electron chi connectivity index (χ3n) is 4.16. The molecule has 1 unspecified atom stereocenters. The predicted molar refractivity (Wildman–Crippen MR) is 88.7 cm³/mol. The van der Waals surface area contributed by atoms with Gasteiger partial charge in [0.15, 0.2) is 6.29 Å². The van der Waals surface area contributed by atoms with Crippen LogP contribution in [-0.4, -0.2) is 40.0 Å². The summed E-state index contributed by atoms with van der Waals surface area (Å²) < 4.78 is 20.1. The number of aliphatic hydroxyl groups excluding tert-OH is 1. The van der Waals surface area contributed by atoms with Gasteiger partial charge in [-0.05, 0) is 61.6 Å². The molecule has 2 heterocycles. The second kappa shape index (κ2) is 7.02. The molecule has 0 radical (unpaired) electrons. The number of nitrogens with zero attached hydrogens (tertiary/aromatic N) is 2. The Morgan fingerprint density at radius 3 is 2.86 bits per heavy atom. The Morgan fingerprint density at radius 2 is 2.27 bits per heavy atom. The van der Waals surface area contributed by atoms with Crippen LogP contribution in [0.2, 0.25) is 0 Å². The van der Waals surface area contributed by atoms with Gasteiger partial charge in [-0.15, -0.1) is 5.10 Å². The lowest BCUT2D eigenvalue weighted by molar-refractivity contribution is -0.200. The minimum Gasteiger partial charge on any atom is -0.476 e. The van der Waals surface area contributed by atoms with E-state index in [1.54, 1.807) is 0 Å². The zero-order chi connectivity index (χ0) is 15.6. The highest BCUT2D eigenvalue weighted by molar-refractivity contribution is 14.1. The number of aromatic nitrogens is 2. The van der Waals surface area contributed by atoms with E-state index in [4.69, 9.17) is 14.2 Å². The summed E-state index contributed by atoms with van der Waals surface area (Å²) in [5, 5.41) is 14.1. The van der Waals surface area contributed by atoms with E-state index in [0.717, 1.165) is 48.0 Å². The SMILES string of the molecule is CCOc1nn(CC2(OC3CCCCO3)CC2)c(CO)c1I. The van der Waals surface area contributed by atoms with Gasteiger partial charge in [-0.25, -0.2) is 0 Å². The van der Waals surface area contributed by atoms with Gasteiger partial charge in [0.25, 0.3) is 0 Å². The van der Waals surface area contributed by atoms with E-state index < -0.39 is 0 Å². The van der Waals surface area contributed by atoms with Gasteiger partial charge in [0.2, 0.25) is 5.88 Å². The first-order chi connectivity index (χ1) is 10.7. The summed E-state index contributed by atoms with van der Waals surface area (Å²) in [5.41, 5.74) is 0.605. The van der Waals surface area contributed by atoms with Crippen LogP contribution >= 0.6 is 22.6 Å². The molecule has 1 saturated carbocycles. The first-order valence-electron chi connectivity index (χ1n) is 7.96. The molecule has 22 heavy (non-hydrogen) atoms. The fourth-order valence-electron chi connectivity index (χ4n) is 2.77. The standard InChI is InChI=1S/C15H23IN2O4/c1-2-20-14-13(16)11(9-19)18(17-14)10-15(6-7-15)22-12-5-3-4-8-21-12/h12,19H,2-10H2,1H3. The summed E-state index contributed by atoms with van der Waals surface area (Å²) >= 11 is 2.18. The van der Waals surface area contributed by atoms with E-state index >= 15 is 0 Å². The van der Waals surface area contributed by atoms with Crippen molar-refractivity contribution in [3.8, 4) is 5.88 Å². The van der Waals surface area contributed by atoms with Crippen molar-refractivity contribution in [1.29, 1.82) is 0 Å². The van der Waals surface area contributed by atoms with E-state index in [2.05, 4.69) is 27.7 Å². The number of hydrogen-bond donors (Lipinski definition) is 1. The average Bonchev–Trinajstić information content (AvgIpc) is 3.20. The first kappa shape index (κ1) is 16.5. The Hall–Kier alpha value is -0.380. The van der Waals surface area contributed by atoms with Crippen LogP contribution in [0.5, 0.6) is 5.88 Å². The molecule has 1 aliphatic heterocycles. The summed E-state index contributed by atoms with van der Waals surface area (Å²) in [7, 11) is 0. The summed E-state index contributed by atoms with van der Waals surface area (Å²) in [6.45, 7) is 3.88. The quantitative estimate of drug-likeness (QED) is 0.684. The van der Waals surface area contributed by atoms with Crippen molar-refractivity contribution < 1.29 is 19.3 Å². The molecule has 124 valence electrons. The highest BCUT2D eigenvalue weighted by Crippen LogP contribution is 2.44. The van der Waals surface area contributed by atoms with Crippen LogP contribution in [-0.2, 0) is 22.6 Å². The predicted octanol–water partition coefficient (Wildman–Crippen LogP) is 2.45. The monoisotopic (exact) mass is 422 g/mol. The average molecular weight is 422 g/mol. The number of hydrogen-bond acceptors (Lipinski definition) is 5. The lowest BCUT2D eigenvalue weighted by Gasteiger charge is -2.28. The molecule has 1 aromatic rings. The molecule has 0 amide bonds. The fourth-order valence-corrected chi connectivity index (χ4v) is 3.48. The highest BCUT2D eigenvalue weighted by Gasteiger charge is 2.47. The van der Waals surface area contributed by atoms with Gasteiger partial charge in [-0.2, -0.15) is 0 Å². The Labute approximate surface area is 144 Å². The van der Waals surface area contributed by atoms with Gasteiger partial charge < -0.3 is 19.3 Å². The van der Waals surface area contributed by atoms with Crippen LogP contribution in [0.4, 0.5) is 0 Å². The zero-order valence-electron chi connectivity index (χ0n) is 12.9. The van der Waals surface area contributed by atoms with E-state index in [9.17, 15) is 5.11 Å². The molecular weight excluding hydrogens is 399 g/mol. The third-order valence-corrected chi connectivity index (χ3v) is 5.24. The number of aliphatic hydroxyl groups is 1. The minimum absolute atomic E-state index is 0.0473. The zero-order valence-corrected chi connectivity index (χ0v) is 15.0. The van der Waals surface area contributed by atoms with Crippen LogP contribution in [0.25, 0.3) is 0 Å². The van der Waals surface area contributed by atoms with E-state index in [1.165, 1.54) is 0 Å².